The van der Waals surface area contributed by atoms with Gasteiger partial charge in [0.05, 0.1) is 6.10 Å². The Morgan fingerprint density at radius 3 is 2.69 bits per heavy atom. The van der Waals surface area contributed by atoms with Crippen LogP contribution in [0.3, 0.4) is 0 Å². The molecule has 0 spiro atoms. The minimum atomic E-state index is -1.13. The highest BCUT2D eigenvalue weighted by Crippen LogP contribution is 2.19. The van der Waals surface area contributed by atoms with E-state index in [1.54, 1.807) is 11.8 Å². The summed E-state index contributed by atoms with van der Waals surface area (Å²) >= 11 is 0. The number of nitrogens with zero attached hydrogens (tertiary/aromatic N) is 1. The number of piperidine rings is 1. The molecule has 1 saturated heterocycles. The van der Waals surface area contributed by atoms with Gasteiger partial charge in [-0.3, -0.25) is 4.79 Å². The van der Waals surface area contributed by atoms with Gasteiger partial charge in [-0.15, -0.1) is 0 Å². The lowest BCUT2D eigenvalue weighted by Crippen LogP contribution is -2.42. The number of amides is 1. The minimum Gasteiger partial charge on any atom is -0.478 e. The molecule has 90 valence electrons. The number of aliphatic hydroxyl groups excluding tert-OH is 1. The molecule has 5 heteroatoms. The molecule has 0 bridgehead atoms. The summed E-state index contributed by atoms with van der Waals surface area (Å²) in [7, 11) is 0. The quantitative estimate of drug-likeness (QED) is 0.677. The molecule has 0 radical (unpaired) electrons. The Morgan fingerprint density at radius 1 is 1.44 bits per heavy atom. The number of carboxylic acids is 1. The van der Waals surface area contributed by atoms with Gasteiger partial charge in [-0.25, -0.2) is 4.79 Å². The van der Waals surface area contributed by atoms with Crippen molar-refractivity contribution in [2.24, 2.45) is 5.92 Å². The van der Waals surface area contributed by atoms with E-state index in [9.17, 15) is 14.7 Å². The number of carbonyl (C=O) groups is 2. The predicted molar refractivity (Wildman–Crippen MR) is 57.8 cm³/mol. The number of rotatable bonds is 3. The second kappa shape index (κ2) is 5.65. The zero-order chi connectivity index (χ0) is 12.1. The van der Waals surface area contributed by atoms with Crippen molar-refractivity contribution in [2.75, 3.05) is 13.1 Å². The van der Waals surface area contributed by atoms with Gasteiger partial charge in [0.15, 0.2) is 0 Å². The fourth-order valence-corrected chi connectivity index (χ4v) is 1.85. The molecule has 1 fully saturated rings. The van der Waals surface area contributed by atoms with Crippen LogP contribution in [0.15, 0.2) is 12.2 Å². The van der Waals surface area contributed by atoms with Gasteiger partial charge in [-0.2, -0.15) is 0 Å². The second-order valence-electron chi connectivity index (χ2n) is 4.10. The molecular weight excluding hydrogens is 210 g/mol. The largest absolute Gasteiger partial charge is 0.478 e. The molecule has 1 amide bonds. The average Bonchev–Trinajstić information content (AvgIpc) is 2.26. The molecule has 2 atom stereocenters. The molecule has 1 aliphatic heterocycles. The lowest BCUT2D eigenvalue weighted by molar-refractivity contribution is -0.133. The van der Waals surface area contributed by atoms with E-state index < -0.39 is 12.1 Å². The van der Waals surface area contributed by atoms with Crippen LogP contribution in [0.25, 0.3) is 0 Å². The number of carbonyl (C=O) groups excluding carboxylic acids is 1. The Labute approximate surface area is 94.4 Å². The first-order chi connectivity index (χ1) is 7.50. The zero-order valence-corrected chi connectivity index (χ0v) is 9.30. The van der Waals surface area contributed by atoms with E-state index in [0.29, 0.717) is 13.1 Å². The number of hydrogen-bond donors (Lipinski definition) is 2. The molecule has 1 rings (SSSR count). The predicted octanol–water partition coefficient (Wildman–Crippen LogP) is 0.247. The summed E-state index contributed by atoms with van der Waals surface area (Å²) in [5.41, 5.74) is 0. The summed E-state index contributed by atoms with van der Waals surface area (Å²) in [5.74, 6) is -1.33. The monoisotopic (exact) mass is 227 g/mol. The summed E-state index contributed by atoms with van der Waals surface area (Å²) in [6.45, 7) is 2.85. The first kappa shape index (κ1) is 12.7. The third-order valence-electron chi connectivity index (χ3n) is 2.82. The molecular formula is C11H17NO4. The molecule has 1 heterocycles. The van der Waals surface area contributed by atoms with Crippen LogP contribution >= 0.6 is 0 Å². The number of aliphatic hydroxyl groups is 1. The maximum Gasteiger partial charge on any atom is 0.328 e. The number of hydrogen-bond acceptors (Lipinski definition) is 3. The van der Waals surface area contributed by atoms with Gasteiger partial charge in [-0.05, 0) is 19.8 Å². The van der Waals surface area contributed by atoms with Crippen molar-refractivity contribution in [3.63, 3.8) is 0 Å². The standard InChI is InChI=1S/C11H17NO4/c1-8(13)9-3-2-6-12(7-9)10(14)4-5-11(15)16/h4-5,8-9,13H,2-3,6-7H2,1H3,(H,15,16)/b5-4+/t8-,9-/m0/s1. The van der Waals surface area contributed by atoms with Gasteiger partial charge < -0.3 is 15.1 Å². The van der Waals surface area contributed by atoms with Crippen LogP contribution in [-0.4, -0.2) is 46.2 Å². The minimum absolute atomic E-state index is 0.0935. The van der Waals surface area contributed by atoms with Crippen LogP contribution in [0.2, 0.25) is 0 Å². The molecule has 0 aromatic carbocycles. The van der Waals surface area contributed by atoms with Gasteiger partial charge in [0.1, 0.15) is 0 Å². The third kappa shape index (κ3) is 3.66. The van der Waals surface area contributed by atoms with E-state index in [1.807, 2.05) is 0 Å². The fourth-order valence-electron chi connectivity index (χ4n) is 1.85. The normalized spacial score (nSPS) is 23.4. The first-order valence-corrected chi connectivity index (χ1v) is 5.38. The van der Waals surface area contributed by atoms with Gasteiger partial charge >= 0.3 is 5.97 Å². The van der Waals surface area contributed by atoms with Crippen molar-refractivity contribution in [3.8, 4) is 0 Å². The van der Waals surface area contributed by atoms with Gasteiger partial charge in [0.25, 0.3) is 0 Å². The van der Waals surface area contributed by atoms with Crippen LogP contribution in [0, 0.1) is 5.92 Å². The van der Waals surface area contributed by atoms with Crippen molar-refractivity contribution in [3.05, 3.63) is 12.2 Å². The highest BCUT2D eigenvalue weighted by Gasteiger charge is 2.25. The van der Waals surface area contributed by atoms with Crippen molar-refractivity contribution in [2.45, 2.75) is 25.9 Å². The molecule has 0 unspecified atom stereocenters. The Bertz CT molecular complexity index is 298. The Kier molecular flexibility index (Phi) is 4.49. The highest BCUT2D eigenvalue weighted by atomic mass is 16.4. The van der Waals surface area contributed by atoms with Gasteiger partial charge in [0, 0.05) is 31.2 Å². The van der Waals surface area contributed by atoms with E-state index in [4.69, 9.17) is 5.11 Å². The van der Waals surface area contributed by atoms with Crippen LogP contribution in [0.4, 0.5) is 0 Å². The second-order valence-corrected chi connectivity index (χ2v) is 4.10. The number of carboxylic acid groups (broad SMARTS) is 1. The summed E-state index contributed by atoms with van der Waals surface area (Å²) < 4.78 is 0. The van der Waals surface area contributed by atoms with E-state index >= 15 is 0 Å². The lowest BCUT2D eigenvalue weighted by atomic mass is 9.93. The number of aliphatic carboxylic acids is 1. The topological polar surface area (TPSA) is 77.8 Å². The molecule has 0 saturated carbocycles. The number of likely N-dealkylation sites (tertiary alicyclic amines) is 1. The van der Waals surface area contributed by atoms with E-state index in [-0.39, 0.29) is 11.8 Å². The van der Waals surface area contributed by atoms with E-state index in [2.05, 4.69) is 0 Å². The van der Waals surface area contributed by atoms with Gasteiger partial charge in [-0.1, -0.05) is 0 Å². The van der Waals surface area contributed by atoms with Crippen LogP contribution in [0.5, 0.6) is 0 Å². The van der Waals surface area contributed by atoms with Crippen LogP contribution < -0.4 is 0 Å². The summed E-state index contributed by atoms with van der Waals surface area (Å²) in [6, 6.07) is 0. The Balaban J connectivity index is 2.53. The lowest BCUT2D eigenvalue weighted by Gasteiger charge is -2.33. The van der Waals surface area contributed by atoms with Crippen molar-refractivity contribution >= 4 is 11.9 Å². The summed E-state index contributed by atoms with van der Waals surface area (Å²) in [6.07, 6.45) is 3.23. The fraction of sp³-hybridized carbons (Fsp3) is 0.636. The zero-order valence-electron chi connectivity index (χ0n) is 9.30. The van der Waals surface area contributed by atoms with Crippen LogP contribution in [-0.2, 0) is 9.59 Å². The molecule has 5 nitrogen and oxygen atoms in total. The van der Waals surface area contributed by atoms with E-state index in [0.717, 1.165) is 25.0 Å². The highest BCUT2D eigenvalue weighted by molar-refractivity contribution is 5.93. The molecule has 0 aromatic rings. The third-order valence-corrected chi connectivity index (χ3v) is 2.82. The van der Waals surface area contributed by atoms with E-state index in [1.165, 1.54) is 0 Å². The maximum atomic E-state index is 11.6. The maximum absolute atomic E-state index is 11.6. The van der Waals surface area contributed by atoms with Crippen molar-refractivity contribution < 1.29 is 19.8 Å². The molecule has 1 aliphatic rings. The molecule has 16 heavy (non-hydrogen) atoms. The van der Waals surface area contributed by atoms with Gasteiger partial charge in [0.2, 0.25) is 5.91 Å². The Morgan fingerprint density at radius 2 is 2.12 bits per heavy atom. The summed E-state index contributed by atoms with van der Waals surface area (Å²) in [5, 5.41) is 17.8. The first-order valence-electron chi connectivity index (χ1n) is 5.38. The van der Waals surface area contributed by atoms with Crippen molar-refractivity contribution in [1.29, 1.82) is 0 Å². The summed E-state index contributed by atoms with van der Waals surface area (Å²) in [4.78, 5) is 23.4. The average molecular weight is 227 g/mol. The smallest absolute Gasteiger partial charge is 0.328 e. The Hall–Kier alpha value is -1.36. The molecule has 2 N–H and O–H groups in total. The molecule has 0 aliphatic carbocycles. The van der Waals surface area contributed by atoms with Crippen molar-refractivity contribution in [1.82, 2.24) is 4.90 Å². The SMILES string of the molecule is C[C@H](O)[C@H]1CCCN(C(=O)/C=C/C(=O)O)C1. The molecule has 0 aromatic heterocycles. The van der Waals surface area contributed by atoms with Crippen LogP contribution in [0.1, 0.15) is 19.8 Å².